The van der Waals surface area contributed by atoms with Gasteiger partial charge >= 0.3 is 0 Å². The smallest absolute Gasteiger partial charge is 0.235 e. The van der Waals surface area contributed by atoms with Crippen molar-refractivity contribution < 1.29 is 0 Å². The van der Waals surface area contributed by atoms with Gasteiger partial charge in [0.1, 0.15) is 0 Å². The molecule has 0 unspecified atom stereocenters. The maximum atomic E-state index is 5.22. The molecule has 2 aromatic heterocycles. The molecule has 7 aromatic rings. The van der Waals surface area contributed by atoms with Crippen LogP contribution in [0.2, 0.25) is 0 Å². The van der Waals surface area contributed by atoms with E-state index in [1.165, 1.54) is 22.0 Å². The molecule has 5 aromatic carbocycles. The molecule has 0 fully saturated rings. The molecule has 4 heteroatoms. The summed E-state index contributed by atoms with van der Waals surface area (Å²) < 4.78 is 2.27. The van der Waals surface area contributed by atoms with E-state index in [2.05, 4.69) is 157 Å². The van der Waals surface area contributed by atoms with Crippen molar-refractivity contribution >= 4 is 28.2 Å². The standard InChI is InChI=1S/C39H30N4/c1-39(2)31-18-10-12-20-36(31)43(37-22-21-30(25-32(37)39)42-24-23-29-17-9-11-19-35(29)42)38-40-33(27-13-5-3-6-14-27)26-34(41-38)28-15-7-4-8-16-28/h3-26H,1-2H3. The minimum absolute atomic E-state index is 0.235. The molecule has 1 aliphatic heterocycles. The molecular formula is C39H30N4. The van der Waals surface area contributed by atoms with Crippen molar-refractivity contribution in [2.45, 2.75) is 19.3 Å². The SMILES string of the molecule is CC1(C)c2ccccc2N(c2nc(-c3ccccc3)cc(-c3ccccc3)n2)c2ccc(-n3ccc4ccccc43)cc21. The van der Waals surface area contributed by atoms with Gasteiger partial charge in [0.2, 0.25) is 5.95 Å². The predicted molar refractivity (Wildman–Crippen MR) is 177 cm³/mol. The number of anilines is 3. The molecule has 0 atom stereocenters. The topological polar surface area (TPSA) is 34.0 Å². The van der Waals surface area contributed by atoms with Crippen LogP contribution in [0.1, 0.15) is 25.0 Å². The summed E-state index contributed by atoms with van der Waals surface area (Å²) in [5.41, 5.74) is 10.7. The zero-order valence-electron chi connectivity index (χ0n) is 24.1. The van der Waals surface area contributed by atoms with E-state index in [4.69, 9.17) is 9.97 Å². The molecule has 0 radical (unpaired) electrons. The molecule has 0 bridgehead atoms. The minimum atomic E-state index is -0.235. The van der Waals surface area contributed by atoms with Crippen LogP contribution < -0.4 is 4.90 Å². The van der Waals surface area contributed by atoms with E-state index in [1.54, 1.807) is 0 Å². The van der Waals surface area contributed by atoms with Crippen LogP contribution in [0.15, 0.2) is 146 Å². The molecule has 8 rings (SSSR count). The summed E-state index contributed by atoms with van der Waals surface area (Å²) in [5.74, 6) is 0.656. The Balaban J connectivity index is 1.37. The summed E-state index contributed by atoms with van der Waals surface area (Å²) in [7, 11) is 0. The third-order valence-electron chi connectivity index (χ3n) is 8.64. The highest BCUT2D eigenvalue weighted by atomic mass is 15.3. The van der Waals surface area contributed by atoms with Crippen LogP contribution in [0.5, 0.6) is 0 Å². The van der Waals surface area contributed by atoms with Gasteiger partial charge in [-0.1, -0.05) is 111 Å². The lowest BCUT2D eigenvalue weighted by Crippen LogP contribution is -2.31. The monoisotopic (exact) mass is 554 g/mol. The quantitative estimate of drug-likeness (QED) is 0.217. The molecule has 0 saturated heterocycles. The molecule has 206 valence electrons. The molecule has 0 N–H and O–H groups in total. The van der Waals surface area contributed by atoms with Gasteiger partial charge in [0.25, 0.3) is 0 Å². The summed E-state index contributed by atoms with van der Waals surface area (Å²) >= 11 is 0. The van der Waals surface area contributed by atoms with Crippen LogP contribution in [-0.2, 0) is 5.41 Å². The highest BCUT2D eigenvalue weighted by molar-refractivity contribution is 5.87. The van der Waals surface area contributed by atoms with Gasteiger partial charge in [0.05, 0.1) is 28.3 Å². The van der Waals surface area contributed by atoms with Gasteiger partial charge < -0.3 is 4.57 Å². The molecular weight excluding hydrogens is 524 g/mol. The minimum Gasteiger partial charge on any atom is -0.317 e. The fourth-order valence-corrected chi connectivity index (χ4v) is 6.41. The van der Waals surface area contributed by atoms with Crippen LogP contribution in [0.4, 0.5) is 17.3 Å². The molecule has 3 heterocycles. The van der Waals surface area contributed by atoms with Gasteiger partial charge in [0, 0.05) is 28.4 Å². The molecule has 43 heavy (non-hydrogen) atoms. The van der Waals surface area contributed by atoms with Gasteiger partial charge in [-0.2, -0.15) is 0 Å². The largest absolute Gasteiger partial charge is 0.317 e. The first-order chi connectivity index (χ1) is 21.1. The zero-order chi connectivity index (χ0) is 29.0. The van der Waals surface area contributed by atoms with E-state index in [9.17, 15) is 0 Å². The van der Waals surface area contributed by atoms with Crippen LogP contribution >= 0.6 is 0 Å². The van der Waals surface area contributed by atoms with E-state index < -0.39 is 0 Å². The second-order valence-corrected chi connectivity index (χ2v) is 11.6. The molecule has 0 aliphatic carbocycles. The van der Waals surface area contributed by atoms with Crippen molar-refractivity contribution in [2.75, 3.05) is 4.90 Å². The van der Waals surface area contributed by atoms with Gasteiger partial charge in [-0.25, -0.2) is 9.97 Å². The zero-order valence-corrected chi connectivity index (χ0v) is 24.1. The van der Waals surface area contributed by atoms with E-state index in [1.807, 2.05) is 12.1 Å². The van der Waals surface area contributed by atoms with Crippen molar-refractivity contribution in [1.82, 2.24) is 14.5 Å². The number of rotatable bonds is 4. The fraction of sp³-hybridized carbons (Fsp3) is 0.0769. The number of fused-ring (bicyclic) bond motifs is 3. The summed E-state index contributed by atoms with van der Waals surface area (Å²) in [6.45, 7) is 4.63. The Morgan fingerprint density at radius 1 is 0.535 bits per heavy atom. The second-order valence-electron chi connectivity index (χ2n) is 11.6. The maximum absolute atomic E-state index is 5.22. The van der Waals surface area contributed by atoms with E-state index in [0.29, 0.717) is 5.95 Å². The number of hydrogen-bond acceptors (Lipinski definition) is 3. The Bertz CT molecular complexity index is 2050. The molecule has 0 amide bonds. The van der Waals surface area contributed by atoms with Crippen LogP contribution in [0, 0.1) is 0 Å². The lowest BCUT2D eigenvalue weighted by molar-refractivity contribution is 0.630. The normalized spacial score (nSPS) is 13.5. The molecule has 0 spiro atoms. The number of nitrogens with zero attached hydrogens (tertiary/aromatic N) is 4. The molecule has 4 nitrogen and oxygen atoms in total. The van der Waals surface area contributed by atoms with Crippen LogP contribution in [0.25, 0.3) is 39.1 Å². The predicted octanol–water partition coefficient (Wildman–Crippen LogP) is 9.86. The summed E-state index contributed by atoms with van der Waals surface area (Å²) in [6.07, 6.45) is 2.16. The first kappa shape index (κ1) is 25.2. The molecule has 1 aliphatic rings. The summed E-state index contributed by atoms with van der Waals surface area (Å²) in [5, 5.41) is 1.23. The summed E-state index contributed by atoms with van der Waals surface area (Å²) in [6, 6.07) is 49.0. The number of hydrogen-bond donors (Lipinski definition) is 0. The van der Waals surface area contributed by atoms with Crippen molar-refractivity contribution in [3.8, 4) is 28.2 Å². The maximum Gasteiger partial charge on any atom is 0.235 e. The fourth-order valence-electron chi connectivity index (χ4n) is 6.41. The lowest BCUT2D eigenvalue weighted by atomic mass is 9.73. The van der Waals surface area contributed by atoms with Crippen molar-refractivity contribution in [3.05, 3.63) is 157 Å². The Hall–Kier alpha value is -5.48. The van der Waals surface area contributed by atoms with E-state index in [0.717, 1.165) is 39.6 Å². The summed E-state index contributed by atoms with van der Waals surface area (Å²) in [4.78, 5) is 12.7. The van der Waals surface area contributed by atoms with Gasteiger partial charge in [-0.05, 0) is 59.0 Å². The van der Waals surface area contributed by atoms with Crippen molar-refractivity contribution in [3.63, 3.8) is 0 Å². The first-order valence-electron chi connectivity index (χ1n) is 14.7. The lowest BCUT2D eigenvalue weighted by Gasteiger charge is -2.41. The Morgan fingerprint density at radius 2 is 1.14 bits per heavy atom. The van der Waals surface area contributed by atoms with Gasteiger partial charge in [-0.15, -0.1) is 0 Å². The highest BCUT2D eigenvalue weighted by Crippen LogP contribution is 2.52. The third-order valence-corrected chi connectivity index (χ3v) is 8.64. The van der Waals surface area contributed by atoms with Crippen molar-refractivity contribution in [2.24, 2.45) is 0 Å². The number of aromatic nitrogens is 3. The third kappa shape index (κ3) is 4.14. The first-order valence-corrected chi connectivity index (χ1v) is 14.7. The van der Waals surface area contributed by atoms with E-state index >= 15 is 0 Å². The average molecular weight is 555 g/mol. The average Bonchev–Trinajstić information content (AvgIpc) is 3.50. The second kappa shape index (κ2) is 9.81. The van der Waals surface area contributed by atoms with Crippen LogP contribution in [0.3, 0.4) is 0 Å². The van der Waals surface area contributed by atoms with Gasteiger partial charge in [-0.3, -0.25) is 4.90 Å². The Kier molecular flexibility index (Phi) is 5.76. The van der Waals surface area contributed by atoms with Crippen molar-refractivity contribution in [1.29, 1.82) is 0 Å². The van der Waals surface area contributed by atoms with E-state index in [-0.39, 0.29) is 5.41 Å². The Morgan fingerprint density at radius 3 is 1.86 bits per heavy atom. The highest BCUT2D eigenvalue weighted by Gasteiger charge is 2.38. The number of benzene rings is 5. The number of para-hydroxylation sites is 2. The van der Waals surface area contributed by atoms with Crippen LogP contribution in [-0.4, -0.2) is 14.5 Å². The van der Waals surface area contributed by atoms with Gasteiger partial charge in [0.15, 0.2) is 0 Å². The Labute approximate surface area is 251 Å². The molecule has 0 saturated carbocycles.